The van der Waals surface area contributed by atoms with E-state index in [0.717, 1.165) is 21.4 Å². The van der Waals surface area contributed by atoms with Crippen LogP contribution < -0.4 is 5.32 Å². The van der Waals surface area contributed by atoms with Crippen molar-refractivity contribution in [2.75, 3.05) is 5.32 Å². The van der Waals surface area contributed by atoms with Gasteiger partial charge in [-0.25, -0.2) is 0 Å². The normalized spacial score (nSPS) is 10.9. The van der Waals surface area contributed by atoms with Gasteiger partial charge in [0.1, 0.15) is 5.01 Å². The van der Waals surface area contributed by atoms with Crippen LogP contribution in [0.25, 0.3) is 15.5 Å². The third-order valence-electron chi connectivity index (χ3n) is 3.48. The fourth-order valence-corrected chi connectivity index (χ4v) is 3.22. The molecule has 1 N–H and O–H groups in total. The zero-order valence-electron chi connectivity index (χ0n) is 12.7. The minimum absolute atomic E-state index is 0.213. The number of benzene rings is 1. The largest absolute Gasteiger partial charge is 0.321 e. The first-order valence-corrected chi connectivity index (χ1v) is 8.03. The summed E-state index contributed by atoms with van der Waals surface area (Å²) in [4.78, 5) is 17.1. The molecule has 3 heterocycles. The Morgan fingerprint density at radius 3 is 2.83 bits per heavy atom. The van der Waals surface area contributed by atoms with E-state index in [1.165, 1.54) is 17.5 Å². The van der Waals surface area contributed by atoms with Crippen molar-refractivity contribution in [2.45, 2.75) is 6.92 Å². The molecular formula is C16H12N6OS. The number of pyridine rings is 1. The molecule has 0 fully saturated rings. The van der Waals surface area contributed by atoms with Gasteiger partial charge in [-0.3, -0.25) is 9.78 Å². The number of para-hydroxylation sites is 1. The molecule has 7 nitrogen and oxygen atoms in total. The zero-order valence-corrected chi connectivity index (χ0v) is 13.5. The summed E-state index contributed by atoms with van der Waals surface area (Å²) in [5.74, 6) is 0.513. The van der Waals surface area contributed by atoms with Gasteiger partial charge in [0.05, 0.1) is 11.3 Å². The Hall–Kier alpha value is -3.13. The topological polar surface area (TPSA) is 85.1 Å². The van der Waals surface area contributed by atoms with Crippen molar-refractivity contribution in [1.29, 1.82) is 0 Å². The van der Waals surface area contributed by atoms with Crippen LogP contribution in [0, 0.1) is 6.92 Å². The maximum Gasteiger partial charge on any atom is 0.257 e. The van der Waals surface area contributed by atoms with Gasteiger partial charge < -0.3 is 5.32 Å². The van der Waals surface area contributed by atoms with E-state index in [9.17, 15) is 4.79 Å². The second kappa shape index (κ2) is 5.82. The van der Waals surface area contributed by atoms with Gasteiger partial charge in [0.25, 0.3) is 5.91 Å². The number of amides is 1. The standard InChI is InChI=1S/C16H12N6OS/c1-10-19-20-16-22(10)21-15(24-16)12-6-2-3-7-13(12)18-14(23)11-5-4-8-17-9-11/h2-9H,1H3,(H,18,23). The zero-order chi connectivity index (χ0) is 16.5. The fourth-order valence-electron chi connectivity index (χ4n) is 2.29. The molecule has 0 saturated carbocycles. The summed E-state index contributed by atoms with van der Waals surface area (Å²) in [6, 6.07) is 11.0. The Kier molecular flexibility index (Phi) is 3.51. The highest BCUT2D eigenvalue weighted by molar-refractivity contribution is 7.19. The monoisotopic (exact) mass is 336 g/mol. The number of aromatic nitrogens is 5. The first kappa shape index (κ1) is 14.5. The maximum atomic E-state index is 12.4. The third kappa shape index (κ3) is 2.52. The Bertz CT molecular complexity index is 1020. The molecule has 0 saturated heterocycles. The van der Waals surface area contributed by atoms with Crippen LogP contribution in [0.2, 0.25) is 0 Å². The summed E-state index contributed by atoms with van der Waals surface area (Å²) < 4.78 is 1.69. The van der Waals surface area contributed by atoms with Crippen LogP contribution in [0.1, 0.15) is 16.2 Å². The van der Waals surface area contributed by atoms with Gasteiger partial charge in [-0.05, 0) is 31.2 Å². The average Bonchev–Trinajstić information content (AvgIpc) is 3.18. The van der Waals surface area contributed by atoms with Crippen LogP contribution in [0.3, 0.4) is 0 Å². The number of hydrogen-bond acceptors (Lipinski definition) is 6. The minimum Gasteiger partial charge on any atom is -0.321 e. The highest BCUT2D eigenvalue weighted by atomic mass is 32.1. The van der Waals surface area contributed by atoms with Crippen molar-refractivity contribution < 1.29 is 4.79 Å². The molecule has 8 heteroatoms. The first-order chi connectivity index (χ1) is 11.7. The van der Waals surface area contributed by atoms with Crippen LogP contribution >= 0.6 is 11.3 Å². The van der Waals surface area contributed by atoms with Crippen LogP contribution in [0.4, 0.5) is 5.69 Å². The van der Waals surface area contributed by atoms with E-state index < -0.39 is 0 Å². The number of carbonyl (C=O) groups excluding carboxylic acids is 1. The molecule has 0 spiro atoms. The molecule has 0 radical (unpaired) electrons. The molecule has 4 rings (SSSR count). The van der Waals surface area contributed by atoms with Crippen LogP contribution in [-0.4, -0.2) is 30.7 Å². The van der Waals surface area contributed by atoms with Crippen LogP contribution in [0.5, 0.6) is 0 Å². The third-order valence-corrected chi connectivity index (χ3v) is 4.41. The average molecular weight is 336 g/mol. The number of anilines is 1. The summed E-state index contributed by atoms with van der Waals surface area (Å²) >= 11 is 1.42. The molecule has 0 aliphatic carbocycles. The number of rotatable bonds is 3. The summed E-state index contributed by atoms with van der Waals surface area (Å²) in [7, 11) is 0. The molecule has 4 aromatic rings. The Morgan fingerprint density at radius 2 is 2.04 bits per heavy atom. The highest BCUT2D eigenvalue weighted by Crippen LogP contribution is 2.31. The molecule has 0 bridgehead atoms. The Morgan fingerprint density at radius 1 is 1.17 bits per heavy atom. The number of fused-ring (bicyclic) bond motifs is 1. The number of aryl methyl sites for hydroxylation is 1. The van der Waals surface area contributed by atoms with Crippen molar-refractivity contribution in [3.63, 3.8) is 0 Å². The molecular weight excluding hydrogens is 324 g/mol. The van der Waals surface area contributed by atoms with E-state index in [1.54, 1.807) is 22.8 Å². The molecule has 3 aromatic heterocycles. The number of nitrogens with one attached hydrogen (secondary N) is 1. The molecule has 24 heavy (non-hydrogen) atoms. The van der Waals surface area contributed by atoms with Crippen LogP contribution in [0.15, 0.2) is 48.8 Å². The van der Waals surface area contributed by atoms with Crippen molar-refractivity contribution >= 4 is 27.9 Å². The van der Waals surface area contributed by atoms with Crippen molar-refractivity contribution in [3.05, 3.63) is 60.2 Å². The smallest absolute Gasteiger partial charge is 0.257 e. The second-order valence-corrected chi connectivity index (χ2v) is 6.05. The lowest BCUT2D eigenvalue weighted by atomic mass is 10.1. The molecule has 0 atom stereocenters. The molecule has 0 aliphatic heterocycles. The van der Waals surface area contributed by atoms with Gasteiger partial charge >= 0.3 is 0 Å². The summed E-state index contributed by atoms with van der Waals surface area (Å²) in [6.07, 6.45) is 3.16. The van der Waals surface area contributed by atoms with E-state index in [1.807, 2.05) is 31.2 Å². The highest BCUT2D eigenvalue weighted by Gasteiger charge is 2.15. The quantitative estimate of drug-likeness (QED) is 0.622. The van der Waals surface area contributed by atoms with Crippen molar-refractivity contribution in [1.82, 2.24) is 24.8 Å². The predicted octanol–water partition coefficient (Wildman–Crippen LogP) is 2.81. The lowest BCUT2D eigenvalue weighted by molar-refractivity contribution is 0.102. The lowest BCUT2D eigenvalue weighted by Crippen LogP contribution is -2.12. The van der Waals surface area contributed by atoms with E-state index in [-0.39, 0.29) is 5.91 Å². The lowest BCUT2D eigenvalue weighted by Gasteiger charge is -2.08. The SMILES string of the molecule is Cc1nnc2sc(-c3ccccc3NC(=O)c3cccnc3)nn12. The summed E-state index contributed by atoms with van der Waals surface area (Å²) in [5, 5.41) is 16.3. The Balaban J connectivity index is 1.71. The van der Waals surface area contributed by atoms with Gasteiger partial charge in [-0.2, -0.15) is 9.61 Å². The minimum atomic E-state index is -0.213. The second-order valence-electron chi connectivity index (χ2n) is 5.09. The summed E-state index contributed by atoms with van der Waals surface area (Å²) in [6.45, 7) is 1.85. The van der Waals surface area contributed by atoms with E-state index in [0.29, 0.717) is 11.3 Å². The van der Waals surface area contributed by atoms with Crippen molar-refractivity contribution in [2.24, 2.45) is 0 Å². The van der Waals surface area contributed by atoms with Crippen molar-refractivity contribution in [3.8, 4) is 10.6 Å². The molecule has 118 valence electrons. The van der Waals surface area contributed by atoms with Gasteiger partial charge in [0.2, 0.25) is 4.96 Å². The summed E-state index contributed by atoms with van der Waals surface area (Å²) in [5.41, 5.74) is 2.03. The molecule has 0 aliphatic rings. The van der Waals surface area contributed by atoms with Gasteiger partial charge in [-0.1, -0.05) is 23.5 Å². The number of carbonyl (C=O) groups is 1. The Labute approximate surface area is 141 Å². The molecule has 0 unspecified atom stereocenters. The van der Waals surface area contributed by atoms with Gasteiger partial charge in [-0.15, -0.1) is 10.2 Å². The molecule has 1 aromatic carbocycles. The van der Waals surface area contributed by atoms with E-state index >= 15 is 0 Å². The first-order valence-electron chi connectivity index (χ1n) is 7.22. The van der Waals surface area contributed by atoms with Gasteiger partial charge in [0, 0.05) is 18.0 Å². The van der Waals surface area contributed by atoms with E-state index in [4.69, 9.17) is 0 Å². The number of hydrogen-bond donors (Lipinski definition) is 1. The van der Waals surface area contributed by atoms with Crippen LogP contribution in [-0.2, 0) is 0 Å². The van der Waals surface area contributed by atoms with Gasteiger partial charge in [0.15, 0.2) is 5.82 Å². The number of nitrogens with zero attached hydrogens (tertiary/aromatic N) is 5. The predicted molar refractivity (Wildman–Crippen MR) is 91.0 cm³/mol. The maximum absolute atomic E-state index is 12.4. The van der Waals surface area contributed by atoms with E-state index in [2.05, 4.69) is 25.6 Å². The molecule has 1 amide bonds. The fraction of sp³-hybridized carbons (Fsp3) is 0.0625.